The minimum absolute atomic E-state index is 0.0144. The van der Waals surface area contributed by atoms with Gasteiger partial charge in [-0.05, 0) is 37.1 Å². The summed E-state index contributed by atoms with van der Waals surface area (Å²) in [6.45, 7) is -2.02. The van der Waals surface area contributed by atoms with E-state index in [4.69, 9.17) is 10.5 Å². The van der Waals surface area contributed by atoms with Gasteiger partial charge in [0.05, 0.1) is 7.11 Å². The molecule has 0 bridgehead atoms. The first-order chi connectivity index (χ1) is 10.1. The Balaban J connectivity index is 2.53. The Bertz CT molecular complexity index is 456. The van der Waals surface area contributed by atoms with E-state index in [0.717, 1.165) is 5.56 Å². The van der Waals surface area contributed by atoms with Crippen LogP contribution in [0.15, 0.2) is 18.2 Å². The Labute approximate surface area is 122 Å². The molecule has 0 aromatic heterocycles. The number of benzene rings is 1. The third kappa shape index (κ3) is 6.40. The van der Waals surface area contributed by atoms with Crippen LogP contribution in [0.25, 0.3) is 0 Å². The van der Waals surface area contributed by atoms with Crippen molar-refractivity contribution in [3.05, 3.63) is 23.8 Å². The zero-order valence-corrected chi connectivity index (χ0v) is 11.9. The second-order valence-corrected chi connectivity index (χ2v) is 4.36. The van der Waals surface area contributed by atoms with Gasteiger partial charge in [-0.3, -0.25) is 4.79 Å². The van der Waals surface area contributed by atoms with Gasteiger partial charge in [-0.2, -0.15) is 8.78 Å². The number of methoxy groups -OCH3 is 1. The van der Waals surface area contributed by atoms with Crippen molar-refractivity contribution in [2.45, 2.75) is 25.9 Å². The Morgan fingerprint density at radius 3 is 2.76 bits per heavy atom. The molecular weight excluding hydrogens is 282 g/mol. The zero-order valence-electron chi connectivity index (χ0n) is 11.9. The van der Waals surface area contributed by atoms with Crippen LogP contribution in [0.5, 0.6) is 11.5 Å². The molecule has 0 fully saturated rings. The third-order valence-electron chi connectivity index (χ3n) is 2.79. The van der Waals surface area contributed by atoms with E-state index in [-0.39, 0.29) is 17.4 Å². The summed E-state index contributed by atoms with van der Waals surface area (Å²) in [5.41, 5.74) is 6.08. The van der Waals surface area contributed by atoms with E-state index >= 15 is 0 Å². The molecule has 1 rings (SSSR count). The number of carbonyl (C=O) groups excluding carboxylic acids is 1. The second kappa shape index (κ2) is 9.12. The lowest BCUT2D eigenvalue weighted by Gasteiger charge is -2.11. The Hall–Kier alpha value is -1.89. The number of amides is 1. The summed E-state index contributed by atoms with van der Waals surface area (Å²) in [6.07, 6.45) is 1.54. The van der Waals surface area contributed by atoms with Gasteiger partial charge in [0.1, 0.15) is 0 Å². The highest BCUT2D eigenvalue weighted by molar-refractivity contribution is 5.75. The number of nitrogens with one attached hydrogen (secondary N) is 1. The van der Waals surface area contributed by atoms with Crippen molar-refractivity contribution in [3.63, 3.8) is 0 Å². The molecule has 0 spiro atoms. The molecular formula is C14H20F2N2O3. The molecule has 7 heteroatoms. The van der Waals surface area contributed by atoms with E-state index in [1.165, 1.54) is 13.2 Å². The van der Waals surface area contributed by atoms with E-state index in [1.54, 1.807) is 12.1 Å². The van der Waals surface area contributed by atoms with E-state index < -0.39 is 6.61 Å². The molecule has 1 amide bonds. The number of hydrogen-bond acceptors (Lipinski definition) is 4. The van der Waals surface area contributed by atoms with Gasteiger partial charge < -0.3 is 20.5 Å². The number of carbonyl (C=O) groups is 1. The van der Waals surface area contributed by atoms with Crippen LogP contribution >= 0.6 is 0 Å². The maximum Gasteiger partial charge on any atom is 0.387 e. The maximum absolute atomic E-state index is 12.3. The molecule has 5 nitrogen and oxygen atoms in total. The second-order valence-electron chi connectivity index (χ2n) is 4.36. The van der Waals surface area contributed by atoms with Crippen LogP contribution in [0.3, 0.4) is 0 Å². The normalized spacial score (nSPS) is 10.5. The quantitative estimate of drug-likeness (QED) is 0.728. The third-order valence-corrected chi connectivity index (χ3v) is 2.79. The van der Waals surface area contributed by atoms with E-state index in [1.807, 2.05) is 0 Å². The molecule has 1 aromatic rings. The lowest BCUT2D eigenvalue weighted by atomic mass is 10.1. The molecule has 118 valence electrons. The number of nitrogens with two attached hydrogens (primary N) is 1. The predicted molar refractivity (Wildman–Crippen MR) is 74.6 cm³/mol. The van der Waals surface area contributed by atoms with Gasteiger partial charge in [0, 0.05) is 13.0 Å². The molecule has 3 N–H and O–H groups in total. The van der Waals surface area contributed by atoms with Crippen LogP contribution in [0.4, 0.5) is 8.78 Å². The summed E-state index contributed by atoms with van der Waals surface area (Å²) < 4.78 is 33.9. The van der Waals surface area contributed by atoms with Gasteiger partial charge in [-0.25, -0.2) is 0 Å². The molecule has 0 atom stereocenters. The molecule has 0 heterocycles. The summed E-state index contributed by atoms with van der Waals surface area (Å²) in [7, 11) is 1.38. The fourth-order valence-electron chi connectivity index (χ4n) is 1.76. The fraction of sp³-hybridized carbons (Fsp3) is 0.500. The van der Waals surface area contributed by atoms with Gasteiger partial charge in [0.25, 0.3) is 0 Å². The first-order valence-electron chi connectivity index (χ1n) is 6.65. The SMILES string of the molecule is COc1ccc(CCNC(=O)CCCN)cc1OC(F)F. The Kier molecular flexibility index (Phi) is 7.45. The van der Waals surface area contributed by atoms with E-state index in [2.05, 4.69) is 10.1 Å². The minimum atomic E-state index is -2.91. The Morgan fingerprint density at radius 1 is 1.38 bits per heavy atom. The minimum Gasteiger partial charge on any atom is -0.493 e. The Morgan fingerprint density at radius 2 is 2.14 bits per heavy atom. The predicted octanol–water partition coefficient (Wildman–Crippen LogP) is 1.69. The topological polar surface area (TPSA) is 73.6 Å². The van der Waals surface area contributed by atoms with Gasteiger partial charge in [0.15, 0.2) is 11.5 Å². The van der Waals surface area contributed by atoms with Crippen molar-refractivity contribution in [2.24, 2.45) is 5.73 Å². The van der Waals surface area contributed by atoms with Crippen molar-refractivity contribution >= 4 is 5.91 Å². The summed E-state index contributed by atoms with van der Waals surface area (Å²) in [5, 5.41) is 2.74. The standard InChI is InChI=1S/C14H20F2N2O3/c1-20-11-5-4-10(9-12(11)21-14(15)16)6-8-18-13(19)3-2-7-17/h4-5,9,14H,2-3,6-8,17H2,1H3,(H,18,19). The summed E-state index contributed by atoms with van der Waals surface area (Å²) in [4.78, 5) is 11.4. The first kappa shape index (κ1) is 17.2. The average Bonchev–Trinajstić information content (AvgIpc) is 2.45. The molecule has 0 saturated carbocycles. The number of ether oxygens (including phenoxy) is 2. The summed E-state index contributed by atoms with van der Waals surface area (Å²) >= 11 is 0. The highest BCUT2D eigenvalue weighted by atomic mass is 19.3. The smallest absolute Gasteiger partial charge is 0.387 e. The van der Waals surface area contributed by atoms with Gasteiger partial charge in [-0.15, -0.1) is 0 Å². The molecule has 0 unspecified atom stereocenters. The average molecular weight is 302 g/mol. The number of halogens is 2. The van der Waals surface area contributed by atoms with Crippen molar-refractivity contribution < 1.29 is 23.0 Å². The zero-order chi connectivity index (χ0) is 15.7. The molecule has 0 radical (unpaired) electrons. The van der Waals surface area contributed by atoms with Crippen LogP contribution in [-0.4, -0.2) is 32.7 Å². The number of rotatable bonds is 9. The van der Waals surface area contributed by atoms with Crippen molar-refractivity contribution in [3.8, 4) is 11.5 Å². The van der Waals surface area contributed by atoms with Crippen LogP contribution in [-0.2, 0) is 11.2 Å². The number of hydrogen-bond donors (Lipinski definition) is 2. The van der Waals surface area contributed by atoms with Crippen LogP contribution in [0.2, 0.25) is 0 Å². The van der Waals surface area contributed by atoms with Crippen LogP contribution in [0.1, 0.15) is 18.4 Å². The van der Waals surface area contributed by atoms with Crippen LogP contribution < -0.4 is 20.5 Å². The summed E-state index contributed by atoms with van der Waals surface area (Å²) in [6, 6.07) is 4.78. The first-order valence-corrected chi connectivity index (χ1v) is 6.65. The maximum atomic E-state index is 12.3. The fourth-order valence-corrected chi connectivity index (χ4v) is 1.76. The van der Waals surface area contributed by atoms with E-state index in [0.29, 0.717) is 32.4 Å². The highest BCUT2D eigenvalue weighted by Crippen LogP contribution is 2.29. The lowest BCUT2D eigenvalue weighted by Crippen LogP contribution is -2.26. The highest BCUT2D eigenvalue weighted by Gasteiger charge is 2.11. The van der Waals surface area contributed by atoms with E-state index in [9.17, 15) is 13.6 Å². The molecule has 1 aromatic carbocycles. The molecule has 0 aliphatic rings. The molecule has 0 saturated heterocycles. The van der Waals surface area contributed by atoms with Crippen LogP contribution in [0, 0.1) is 0 Å². The van der Waals surface area contributed by atoms with Gasteiger partial charge in [0.2, 0.25) is 5.91 Å². The molecule has 21 heavy (non-hydrogen) atoms. The van der Waals surface area contributed by atoms with Crippen molar-refractivity contribution in [2.75, 3.05) is 20.2 Å². The summed E-state index contributed by atoms with van der Waals surface area (Å²) in [5.74, 6) is 0.156. The molecule has 0 aliphatic heterocycles. The monoisotopic (exact) mass is 302 g/mol. The van der Waals surface area contributed by atoms with Gasteiger partial charge in [-0.1, -0.05) is 6.07 Å². The van der Waals surface area contributed by atoms with Crippen molar-refractivity contribution in [1.29, 1.82) is 0 Å². The lowest BCUT2D eigenvalue weighted by molar-refractivity contribution is -0.121. The molecule has 0 aliphatic carbocycles. The van der Waals surface area contributed by atoms with Crippen molar-refractivity contribution in [1.82, 2.24) is 5.32 Å². The number of alkyl halides is 2. The van der Waals surface area contributed by atoms with Gasteiger partial charge >= 0.3 is 6.61 Å². The largest absolute Gasteiger partial charge is 0.493 e.